The molecule has 0 radical (unpaired) electrons. The van der Waals surface area contributed by atoms with Gasteiger partial charge in [0.15, 0.2) is 11.5 Å². The van der Waals surface area contributed by atoms with Gasteiger partial charge in [-0.15, -0.1) is 0 Å². The van der Waals surface area contributed by atoms with E-state index in [0.717, 1.165) is 29.0 Å². The van der Waals surface area contributed by atoms with Gasteiger partial charge in [-0.25, -0.2) is 4.98 Å². The zero-order valence-corrected chi connectivity index (χ0v) is 17.4. The first-order valence-electron chi connectivity index (χ1n) is 10.4. The summed E-state index contributed by atoms with van der Waals surface area (Å²) in [5.74, 6) is 1.62. The lowest BCUT2D eigenvalue weighted by atomic mass is 9.94. The molecule has 1 aliphatic rings. The third kappa shape index (κ3) is 4.48. The molecule has 6 nitrogen and oxygen atoms in total. The van der Waals surface area contributed by atoms with Crippen molar-refractivity contribution in [1.29, 1.82) is 0 Å². The van der Waals surface area contributed by atoms with Crippen molar-refractivity contribution in [3.63, 3.8) is 0 Å². The molecule has 156 valence electrons. The Morgan fingerprint density at radius 2 is 1.93 bits per heavy atom. The predicted octanol–water partition coefficient (Wildman–Crippen LogP) is 4.22. The van der Waals surface area contributed by atoms with Crippen molar-refractivity contribution >= 4 is 5.91 Å². The lowest BCUT2D eigenvalue weighted by Gasteiger charge is -2.24. The molecule has 1 aromatic heterocycles. The maximum Gasteiger partial charge on any atom is 0.252 e. The summed E-state index contributed by atoms with van der Waals surface area (Å²) in [6.07, 6.45) is 6.25. The van der Waals surface area contributed by atoms with Crippen LogP contribution in [-0.2, 0) is 6.54 Å². The zero-order chi connectivity index (χ0) is 20.9. The second kappa shape index (κ2) is 9.03. The average molecular weight is 405 g/mol. The van der Waals surface area contributed by atoms with E-state index < -0.39 is 0 Å². The van der Waals surface area contributed by atoms with E-state index >= 15 is 0 Å². The monoisotopic (exact) mass is 405 g/mol. The van der Waals surface area contributed by atoms with E-state index in [1.807, 2.05) is 53.2 Å². The van der Waals surface area contributed by atoms with E-state index in [1.165, 1.54) is 0 Å². The number of imidazole rings is 1. The largest absolute Gasteiger partial charge is 0.490 e. The minimum atomic E-state index is -0.143. The van der Waals surface area contributed by atoms with Crippen molar-refractivity contribution < 1.29 is 14.3 Å². The van der Waals surface area contributed by atoms with Gasteiger partial charge in [-0.05, 0) is 35.2 Å². The van der Waals surface area contributed by atoms with Gasteiger partial charge in [-0.2, -0.15) is 0 Å². The van der Waals surface area contributed by atoms with Gasteiger partial charge in [0.2, 0.25) is 0 Å². The molecule has 0 aliphatic carbocycles. The van der Waals surface area contributed by atoms with Crippen molar-refractivity contribution in [1.82, 2.24) is 14.9 Å². The molecule has 2 heterocycles. The first kappa shape index (κ1) is 20.0. The number of amides is 1. The highest BCUT2D eigenvalue weighted by atomic mass is 16.5. The summed E-state index contributed by atoms with van der Waals surface area (Å²) < 4.78 is 13.5. The lowest BCUT2D eigenvalue weighted by Crippen LogP contribution is -2.32. The Kier molecular flexibility index (Phi) is 6.02. The zero-order valence-electron chi connectivity index (χ0n) is 17.4. The number of rotatable bonds is 6. The van der Waals surface area contributed by atoms with Gasteiger partial charge in [0.1, 0.15) is 0 Å². The summed E-state index contributed by atoms with van der Waals surface area (Å²) in [4.78, 5) is 17.3. The first-order valence-corrected chi connectivity index (χ1v) is 10.4. The third-order valence-electron chi connectivity index (χ3n) is 5.26. The standard InChI is InChI=1S/C24H27N3O3/c1-17(2)23(18-8-9-21-22(14-18)30-13-5-12-29-21)26-24(28)20-7-4-3-6-19(20)15-27-11-10-25-16-27/h3-4,6-11,14,16-17,23H,5,12-13,15H2,1-2H3,(H,26,28)/t23-/m0/s1. The van der Waals surface area contributed by atoms with Crippen molar-refractivity contribution in [2.24, 2.45) is 5.92 Å². The van der Waals surface area contributed by atoms with E-state index in [1.54, 1.807) is 12.5 Å². The summed E-state index contributed by atoms with van der Waals surface area (Å²) in [5, 5.41) is 3.23. The van der Waals surface area contributed by atoms with Crippen LogP contribution in [0.4, 0.5) is 0 Å². The summed E-state index contributed by atoms with van der Waals surface area (Å²) in [7, 11) is 0. The summed E-state index contributed by atoms with van der Waals surface area (Å²) in [6, 6.07) is 13.5. The maximum atomic E-state index is 13.2. The van der Waals surface area contributed by atoms with E-state index in [-0.39, 0.29) is 17.9 Å². The quantitative estimate of drug-likeness (QED) is 0.667. The molecule has 0 saturated carbocycles. The Hall–Kier alpha value is -3.28. The molecule has 0 saturated heterocycles. The Morgan fingerprint density at radius 3 is 2.70 bits per heavy atom. The fraction of sp³-hybridized carbons (Fsp3) is 0.333. The number of ether oxygens (including phenoxy) is 2. The highest BCUT2D eigenvalue weighted by Gasteiger charge is 2.22. The number of fused-ring (bicyclic) bond motifs is 1. The number of nitrogens with one attached hydrogen (secondary N) is 1. The number of carbonyl (C=O) groups excluding carboxylic acids is 1. The molecule has 1 N–H and O–H groups in total. The molecule has 3 aromatic rings. The molecule has 0 spiro atoms. The van der Waals surface area contributed by atoms with Crippen LogP contribution in [0.5, 0.6) is 11.5 Å². The van der Waals surface area contributed by atoms with Crippen molar-refractivity contribution in [2.75, 3.05) is 13.2 Å². The van der Waals surface area contributed by atoms with Crippen LogP contribution >= 0.6 is 0 Å². The molecule has 1 amide bonds. The van der Waals surface area contributed by atoms with E-state index in [9.17, 15) is 4.79 Å². The smallest absolute Gasteiger partial charge is 0.252 e. The van der Waals surface area contributed by atoms with Gasteiger partial charge in [-0.1, -0.05) is 38.1 Å². The van der Waals surface area contributed by atoms with Crippen LogP contribution in [0.1, 0.15) is 47.8 Å². The fourth-order valence-electron chi connectivity index (χ4n) is 3.68. The van der Waals surface area contributed by atoms with Crippen molar-refractivity contribution in [2.45, 2.75) is 32.9 Å². The van der Waals surface area contributed by atoms with Gasteiger partial charge in [0.25, 0.3) is 5.91 Å². The van der Waals surface area contributed by atoms with Crippen LogP contribution in [0.3, 0.4) is 0 Å². The molecular formula is C24H27N3O3. The van der Waals surface area contributed by atoms with E-state index in [4.69, 9.17) is 9.47 Å². The highest BCUT2D eigenvalue weighted by molar-refractivity contribution is 5.96. The molecule has 1 aliphatic heterocycles. The minimum Gasteiger partial charge on any atom is -0.490 e. The highest BCUT2D eigenvalue weighted by Crippen LogP contribution is 2.34. The normalized spacial score (nSPS) is 14.2. The van der Waals surface area contributed by atoms with Crippen LogP contribution in [0, 0.1) is 5.92 Å². The maximum absolute atomic E-state index is 13.2. The molecule has 2 aromatic carbocycles. The first-order chi connectivity index (χ1) is 14.6. The SMILES string of the molecule is CC(C)[C@H](NC(=O)c1ccccc1Cn1ccnc1)c1ccc2c(c1)OCCCO2. The molecular weight excluding hydrogens is 378 g/mol. The summed E-state index contributed by atoms with van der Waals surface area (Å²) in [5.41, 5.74) is 2.63. The van der Waals surface area contributed by atoms with Gasteiger partial charge in [0.05, 0.1) is 25.6 Å². The molecule has 6 heteroatoms. The number of hydrogen-bond donors (Lipinski definition) is 1. The van der Waals surface area contributed by atoms with Crippen molar-refractivity contribution in [3.8, 4) is 11.5 Å². The Balaban J connectivity index is 1.57. The lowest BCUT2D eigenvalue weighted by molar-refractivity contribution is 0.0924. The fourth-order valence-corrected chi connectivity index (χ4v) is 3.68. The van der Waals surface area contributed by atoms with Gasteiger partial charge < -0.3 is 19.4 Å². The second-order valence-electron chi connectivity index (χ2n) is 7.84. The number of hydrogen-bond acceptors (Lipinski definition) is 4. The summed E-state index contributed by atoms with van der Waals surface area (Å²) >= 11 is 0. The summed E-state index contributed by atoms with van der Waals surface area (Å²) in [6.45, 7) is 6.10. The molecule has 0 fully saturated rings. The van der Waals surface area contributed by atoms with Crippen LogP contribution in [-0.4, -0.2) is 28.7 Å². The second-order valence-corrected chi connectivity index (χ2v) is 7.84. The number of benzene rings is 2. The van der Waals surface area contributed by atoms with Crippen LogP contribution in [0.25, 0.3) is 0 Å². The Bertz CT molecular complexity index is 999. The van der Waals surface area contributed by atoms with Crippen LogP contribution in [0.2, 0.25) is 0 Å². The molecule has 0 unspecified atom stereocenters. The minimum absolute atomic E-state index is 0.0865. The Labute approximate surface area is 176 Å². The average Bonchev–Trinajstić information content (AvgIpc) is 3.14. The van der Waals surface area contributed by atoms with Gasteiger partial charge >= 0.3 is 0 Å². The van der Waals surface area contributed by atoms with Crippen LogP contribution < -0.4 is 14.8 Å². The molecule has 30 heavy (non-hydrogen) atoms. The topological polar surface area (TPSA) is 65.4 Å². The number of nitrogens with zero attached hydrogens (tertiary/aromatic N) is 2. The number of aromatic nitrogens is 2. The van der Waals surface area contributed by atoms with E-state index in [2.05, 4.69) is 24.1 Å². The Morgan fingerprint density at radius 1 is 1.13 bits per heavy atom. The number of carbonyl (C=O) groups is 1. The molecule has 0 bridgehead atoms. The third-order valence-corrected chi connectivity index (χ3v) is 5.26. The van der Waals surface area contributed by atoms with Crippen molar-refractivity contribution in [3.05, 3.63) is 77.9 Å². The molecule has 4 rings (SSSR count). The van der Waals surface area contributed by atoms with Gasteiger partial charge in [0, 0.05) is 30.9 Å². The predicted molar refractivity (Wildman–Crippen MR) is 115 cm³/mol. The van der Waals surface area contributed by atoms with Gasteiger partial charge in [-0.3, -0.25) is 4.79 Å². The molecule has 1 atom stereocenters. The van der Waals surface area contributed by atoms with E-state index in [0.29, 0.717) is 25.3 Å². The van der Waals surface area contributed by atoms with Crippen LogP contribution in [0.15, 0.2) is 61.2 Å².